The number of carbonyl (C=O) groups excluding carboxylic acids is 1. The number of rotatable bonds is 5. The lowest BCUT2D eigenvalue weighted by Crippen LogP contribution is -2.33. The van der Waals surface area contributed by atoms with Crippen molar-refractivity contribution in [1.82, 2.24) is 5.32 Å². The van der Waals surface area contributed by atoms with Gasteiger partial charge in [0.05, 0.1) is 6.10 Å². The first-order chi connectivity index (χ1) is 9.15. The first-order valence-electron chi connectivity index (χ1n) is 6.43. The van der Waals surface area contributed by atoms with Crippen molar-refractivity contribution in [2.75, 3.05) is 19.7 Å². The number of piperidine rings is 1. The quantitative estimate of drug-likeness (QED) is 0.901. The Morgan fingerprint density at radius 2 is 2.16 bits per heavy atom. The van der Waals surface area contributed by atoms with Crippen LogP contribution >= 0.6 is 15.9 Å². The minimum atomic E-state index is -0.349. The highest BCUT2D eigenvalue weighted by molar-refractivity contribution is 9.10. The second-order valence-corrected chi connectivity index (χ2v) is 5.63. The standard InChI is InChI=1S/C14H17BrFNO2/c15-11-1-2-14(16)10(7-11)8-12(18)9-19-13-3-5-17-6-4-13/h1-2,7,13,17H,3-6,8-9H2. The molecule has 0 atom stereocenters. The average molecular weight is 330 g/mol. The van der Waals surface area contributed by atoms with Gasteiger partial charge in [-0.2, -0.15) is 0 Å². The van der Waals surface area contributed by atoms with Crippen LogP contribution in [0.15, 0.2) is 22.7 Å². The maximum atomic E-state index is 13.5. The Labute approximate surface area is 120 Å². The summed E-state index contributed by atoms with van der Waals surface area (Å²) < 4.78 is 19.8. The van der Waals surface area contributed by atoms with Crippen molar-refractivity contribution in [3.63, 3.8) is 0 Å². The molecule has 0 saturated carbocycles. The topological polar surface area (TPSA) is 38.3 Å². The van der Waals surface area contributed by atoms with Crippen LogP contribution in [0.4, 0.5) is 4.39 Å². The number of hydrogen-bond donors (Lipinski definition) is 1. The molecule has 1 heterocycles. The molecule has 0 radical (unpaired) electrons. The Hall–Kier alpha value is -0.780. The summed E-state index contributed by atoms with van der Waals surface area (Å²) in [6.45, 7) is 1.93. The Kier molecular flexibility index (Phi) is 5.48. The van der Waals surface area contributed by atoms with Crippen LogP contribution in [0.25, 0.3) is 0 Å². The molecule has 0 spiro atoms. The van der Waals surface area contributed by atoms with E-state index < -0.39 is 0 Å². The molecular weight excluding hydrogens is 313 g/mol. The van der Waals surface area contributed by atoms with E-state index in [1.165, 1.54) is 6.07 Å². The van der Waals surface area contributed by atoms with Gasteiger partial charge in [0, 0.05) is 10.9 Å². The SMILES string of the molecule is O=C(COC1CCNCC1)Cc1cc(Br)ccc1F. The highest BCUT2D eigenvalue weighted by Gasteiger charge is 2.15. The maximum absolute atomic E-state index is 13.5. The summed E-state index contributed by atoms with van der Waals surface area (Å²) >= 11 is 3.27. The van der Waals surface area contributed by atoms with Crippen LogP contribution in [0.3, 0.4) is 0 Å². The first kappa shape index (κ1) is 14.6. The number of nitrogens with one attached hydrogen (secondary N) is 1. The summed E-state index contributed by atoms with van der Waals surface area (Å²) in [7, 11) is 0. The zero-order valence-electron chi connectivity index (χ0n) is 10.6. The third kappa shape index (κ3) is 4.67. The van der Waals surface area contributed by atoms with E-state index in [4.69, 9.17) is 4.74 Å². The molecule has 0 amide bonds. The minimum Gasteiger partial charge on any atom is -0.370 e. The molecule has 3 nitrogen and oxygen atoms in total. The number of ether oxygens (including phenoxy) is 1. The molecular formula is C14H17BrFNO2. The summed E-state index contributed by atoms with van der Waals surface area (Å²) in [5.74, 6) is -0.436. The number of benzene rings is 1. The van der Waals surface area contributed by atoms with Crippen LogP contribution in [0.1, 0.15) is 18.4 Å². The van der Waals surface area contributed by atoms with Gasteiger partial charge in [0.1, 0.15) is 12.4 Å². The molecule has 0 bridgehead atoms. The van der Waals surface area contributed by atoms with Crippen LogP contribution in [0, 0.1) is 5.82 Å². The lowest BCUT2D eigenvalue weighted by atomic mass is 10.1. The molecule has 1 aliphatic rings. The van der Waals surface area contributed by atoms with Gasteiger partial charge < -0.3 is 10.1 Å². The van der Waals surface area contributed by atoms with Gasteiger partial charge in [-0.25, -0.2) is 4.39 Å². The lowest BCUT2D eigenvalue weighted by Gasteiger charge is -2.22. The highest BCUT2D eigenvalue weighted by Crippen LogP contribution is 2.16. The fourth-order valence-corrected chi connectivity index (χ4v) is 2.52. The monoisotopic (exact) mass is 329 g/mol. The van der Waals surface area contributed by atoms with E-state index in [2.05, 4.69) is 21.2 Å². The van der Waals surface area contributed by atoms with Crippen LogP contribution < -0.4 is 5.32 Å². The largest absolute Gasteiger partial charge is 0.370 e. The maximum Gasteiger partial charge on any atom is 0.162 e. The molecule has 1 saturated heterocycles. The summed E-state index contributed by atoms with van der Waals surface area (Å²) in [6, 6.07) is 4.62. The van der Waals surface area contributed by atoms with Crippen molar-refractivity contribution >= 4 is 21.7 Å². The van der Waals surface area contributed by atoms with E-state index in [0.717, 1.165) is 30.4 Å². The Morgan fingerprint density at radius 1 is 1.42 bits per heavy atom. The Bertz CT molecular complexity index is 447. The van der Waals surface area contributed by atoms with Crippen LogP contribution in [0.2, 0.25) is 0 Å². The van der Waals surface area contributed by atoms with E-state index in [0.29, 0.717) is 5.56 Å². The van der Waals surface area contributed by atoms with E-state index in [1.54, 1.807) is 12.1 Å². The van der Waals surface area contributed by atoms with Gasteiger partial charge in [0.15, 0.2) is 5.78 Å². The van der Waals surface area contributed by atoms with Crippen molar-refractivity contribution in [2.45, 2.75) is 25.4 Å². The lowest BCUT2D eigenvalue weighted by molar-refractivity contribution is -0.125. The van der Waals surface area contributed by atoms with Gasteiger partial charge in [-0.3, -0.25) is 4.79 Å². The predicted molar refractivity (Wildman–Crippen MR) is 74.7 cm³/mol. The summed E-state index contributed by atoms with van der Waals surface area (Å²) in [6.07, 6.45) is 2.09. The summed E-state index contributed by atoms with van der Waals surface area (Å²) in [4.78, 5) is 11.8. The second-order valence-electron chi connectivity index (χ2n) is 4.71. The zero-order chi connectivity index (χ0) is 13.7. The van der Waals surface area contributed by atoms with Crippen molar-refractivity contribution in [3.05, 3.63) is 34.1 Å². The number of ketones is 1. The number of Topliss-reactive ketones (excluding diaryl/α,β-unsaturated/α-hetero) is 1. The van der Waals surface area contributed by atoms with E-state index in [-0.39, 0.29) is 30.7 Å². The van der Waals surface area contributed by atoms with Gasteiger partial charge in [0.25, 0.3) is 0 Å². The van der Waals surface area contributed by atoms with E-state index in [9.17, 15) is 9.18 Å². The molecule has 1 N–H and O–H groups in total. The van der Waals surface area contributed by atoms with Crippen molar-refractivity contribution < 1.29 is 13.9 Å². The fraction of sp³-hybridized carbons (Fsp3) is 0.500. The van der Waals surface area contributed by atoms with Gasteiger partial charge in [-0.05, 0) is 49.7 Å². The summed E-state index contributed by atoms with van der Waals surface area (Å²) in [5, 5.41) is 3.24. The molecule has 104 valence electrons. The van der Waals surface area contributed by atoms with Crippen molar-refractivity contribution in [2.24, 2.45) is 0 Å². The molecule has 19 heavy (non-hydrogen) atoms. The average Bonchev–Trinajstić information content (AvgIpc) is 2.42. The van der Waals surface area contributed by atoms with Crippen LogP contribution in [-0.2, 0) is 16.0 Å². The van der Waals surface area contributed by atoms with Gasteiger partial charge >= 0.3 is 0 Å². The third-order valence-corrected chi connectivity index (χ3v) is 3.65. The van der Waals surface area contributed by atoms with Gasteiger partial charge in [0.2, 0.25) is 0 Å². The van der Waals surface area contributed by atoms with Crippen LogP contribution in [-0.4, -0.2) is 31.6 Å². The normalized spacial score (nSPS) is 16.5. The van der Waals surface area contributed by atoms with Gasteiger partial charge in [-0.1, -0.05) is 15.9 Å². The Morgan fingerprint density at radius 3 is 2.89 bits per heavy atom. The smallest absolute Gasteiger partial charge is 0.162 e. The molecule has 0 unspecified atom stereocenters. The first-order valence-corrected chi connectivity index (χ1v) is 7.22. The molecule has 1 fully saturated rings. The van der Waals surface area contributed by atoms with Gasteiger partial charge in [-0.15, -0.1) is 0 Å². The molecule has 0 aliphatic carbocycles. The van der Waals surface area contributed by atoms with Crippen molar-refractivity contribution in [3.8, 4) is 0 Å². The number of halogens is 2. The second kappa shape index (κ2) is 7.12. The molecule has 1 aromatic carbocycles. The predicted octanol–water partition coefficient (Wildman–Crippen LogP) is 2.47. The highest BCUT2D eigenvalue weighted by atomic mass is 79.9. The van der Waals surface area contributed by atoms with Crippen LogP contribution in [0.5, 0.6) is 0 Å². The molecule has 2 rings (SSSR count). The Balaban J connectivity index is 1.81. The minimum absolute atomic E-state index is 0.0661. The molecule has 5 heteroatoms. The number of carbonyl (C=O) groups is 1. The molecule has 0 aromatic heterocycles. The fourth-order valence-electron chi connectivity index (χ4n) is 2.12. The number of hydrogen-bond acceptors (Lipinski definition) is 3. The zero-order valence-corrected chi connectivity index (χ0v) is 12.2. The summed E-state index contributed by atoms with van der Waals surface area (Å²) in [5.41, 5.74) is 0.410. The molecule has 1 aliphatic heterocycles. The molecule has 1 aromatic rings. The van der Waals surface area contributed by atoms with Crippen molar-refractivity contribution in [1.29, 1.82) is 0 Å². The van der Waals surface area contributed by atoms with E-state index in [1.807, 2.05) is 0 Å². The third-order valence-electron chi connectivity index (χ3n) is 3.16. The van der Waals surface area contributed by atoms with E-state index >= 15 is 0 Å².